The van der Waals surface area contributed by atoms with E-state index in [4.69, 9.17) is 4.74 Å². The lowest BCUT2D eigenvalue weighted by atomic mass is 10.1. The molecule has 0 atom stereocenters. The van der Waals surface area contributed by atoms with Gasteiger partial charge in [0.1, 0.15) is 5.75 Å². The zero-order valence-corrected chi connectivity index (χ0v) is 10.7. The number of hydrogen-bond donors (Lipinski definition) is 0. The van der Waals surface area contributed by atoms with Gasteiger partial charge in [-0.3, -0.25) is 0 Å². The van der Waals surface area contributed by atoms with Crippen molar-refractivity contribution in [3.8, 4) is 5.75 Å². The van der Waals surface area contributed by atoms with Gasteiger partial charge in [-0.15, -0.1) is 0 Å². The van der Waals surface area contributed by atoms with E-state index in [0.29, 0.717) is 5.75 Å². The summed E-state index contributed by atoms with van der Waals surface area (Å²) in [6, 6.07) is 14.2. The fourth-order valence-corrected chi connectivity index (χ4v) is 2.03. The van der Waals surface area contributed by atoms with Crippen LogP contribution in [0.15, 0.2) is 54.6 Å². The van der Waals surface area contributed by atoms with Crippen LogP contribution in [0.3, 0.4) is 0 Å². The third-order valence-corrected chi connectivity index (χ3v) is 2.95. The minimum atomic E-state index is -1.07. The van der Waals surface area contributed by atoms with Crippen molar-refractivity contribution in [3.63, 3.8) is 0 Å². The Hall–Kier alpha value is -2.82. The SMILES string of the molecule is O=C(Oc1cccc2ccccc12)c1cc(F)nc(F)c1. The highest BCUT2D eigenvalue weighted by molar-refractivity contribution is 5.95. The minimum absolute atomic E-state index is 0.229. The molecule has 0 fully saturated rings. The van der Waals surface area contributed by atoms with Crippen molar-refractivity contribution >= 4 is 16.7 Å². The maximum Gasteiger partial charge on any atom is 0.343 e. The first-order valence-electron chi connectivity index (χ1n) is 6.16. The summed E-state index contributed by atoms with van der Waals surface area (Å²) in [6.45, 7) is 0. The molecule has 3 rings (SSSR count). The van der Waals surface area contributed by atoms with Crippen LogP contribution in [0.25, 0.3) is 10.8 Å². The second-order valence-electron chi connectivity index (χ2n) is 4.37. The number of fused-ring (bicyclic) bond motifs is 1. The first-order valence-corrected chi connectivity index (χ1v) is 6.16. The van der Waals surface area contributed by atoms with Crippen molar-refractivity contribution in [1.29, 1.82) is 0 Å². The van der Waals surface area contributed by atoms with E-state index in [0.717, 1.165) is 22.9 Å². The molecule has 21 heavy (non-hydrogen) atoms. The van der Waals surface area contributed by atoms with Gasteiger partial charge in [0, 0.05) is 17.5 Å². The number of esters is 1. The second kappa shape index (κ2) is 5.28. The third-order valence-electron chi connectivity index (χ3n) is 2.95. The molecule has 0 aliphatic carbocycles. The van der Waals surface area contributed by atoms with Gasteiger partial charge in [0.15, 0.2) is 0 Å². The molecule has 0 spiro atoms. The van der Waals surface area contributed by atoms with E-state index in [2.05, 4.69) is 4.98 Å². The molecule has 1 heterocycles. The van der Waals surface area contributed by atoms with Crippen molar-refractivity contribution in [1.82, 2.24) is 4.98 Å². The summed E-state index contributed by atoms with van der Waals surface area (Å²) < 4.78 is 31.3. The molecule has 0 bridgehead atoms. The Morgan fingerprint density at radius 3 is 2.38 bits per heavy atom. The third kappa shape index (κ3) is 2.72. The molecule has 0 saturated carbocycles. The van der Waals surface area contributed by atoms with Crippen molar-refractivity contribution < 1.29 is 18.3 Å². The van der Waals surface area contributed by atoms with Crippen molar-refractivity contribution in [2.45, 2.75) is 0 Å². The van der Waals surface area contributed by atoms with Gasteiger partial charge in [-0.05, 0) is 11.5 Å². The average Bonchev–Trinajstić information content (AvgIpc) is 2.46. The molecule has 1 aromatic heterocycles. The van der Waals surface area contributed by atoms with E-state index in [9.17, 15) is 13.6 Å². The molecule has 0 N–H and O–H groups in total. The summed E-state index contributed by atoms with van der Waals surface area (Å²) >= 11 is 0. The van der Waals surface area contributed by atoms with Crippen LogP contribution >= 0.6 is 0 Å². The molecule has 0 aliphatic heterocycles. The summed E-state index contributed by atoms with van der Waals surface area (Å²) in [7, 11) is 0. The Morgan fingerprint density at radius 2 is 1.62 bits per heavy atom. The molecule has 0 aliphatic rings. The molecule has 0 saturated heterocycles. The number of carbonyl (C=O) groups excluding carboxylic acids is 1. The number of carbonyl (C=O) groups is 1. The molecule has 2 aromatic carbocycles. The average molecular weight is 285 g/mol. The van der Waals surface area contributed by atoms with Crippen LogP contribution in [-0.2, 0) is 0 Å². The first kappa shape index (κ1) is 13.2. The van der Waals surface area contributed by atoms with Gasteiger partial charge in [-0.2, -0.15) is 13.8 Å². The predicted octanol–water partition coefficient (Wildman–Crippen LogP) is 3.73. The quantitative estimate of drug-likeness (QED) is 0.409. The number of hydrogen-bond acceptors (Lipinski definition) is 3. The number of aromatic nitrogens is 1. The summed E-state index contributed by atoms with van der Waals surface area (Å²) in [6.07, 6.45) is 0. The van der Waals surface area contributed by atoms with Crippen molar-refractivity contribution in [3.05, 3.63) is 72.1 Å². The number of halogens is 2. The van der Waals surface area contributed by atoms with E-state index >= 15 is 0 Å². The molecule has 3 aromatic rings. The van der Waals surface area contributed by atoms with Crippen LogP contribution in [0.2, 0.25) is 0 Å². The normalized spacial score (nSPS) is 10.6. The summed E-state index contributed by atoms with van der Waals surface area (Å²) in [5, 5.41) is 1.64. The highest BCUT2D eigenvalue weighted by atomic mass is 19.1. The lowest BCUT2D eigenvalue weighted by Crippen LogP contribution is -2.10. The molecule has 104 valence electrons. The molecule has 0 radical (unpaired) electrons. The van der Waals surface area contributed by atoms with Crippen LogP contribution < -0.4 is 4.74 Å². The number of pyridine rings is 1. The van der Waals surface area contributed by atoms with Crippen LogP contribution in [0, 0.1) is 11.9 Å². The Morgan fingerprint density at radius 1 is 0.952 bits per heavy atom. The first-order chi connectivity index (χ1) is 10.1. The number of ether oxygens (including phenoxy) is 1. The maximum absolute atomic E-state index is 13.0. The largest absolute Gasteiger partial charge is 0.422 e. The number of benzene rings is 2. The Kier molecular flexibility index (Phi) is 3.31. The van der Waals surface area contributed by atoms with Gasteiger partial charge < -0.3 is 4.74 Å². The molecular formula is C16H9F2NO2. The Labute approximate surface area is 118 Å². The number of rotatable bonds is 2. The maximum atomic E-state index is 13.0. The predicted molar refractivity (Wildman–Crippen MR) is 73.1 cm³/mol. The van der Waals surface area contributed by atoms with E-state index in [1.165, 1.54) is 0 Å². The standard InChI is InChI=1S/C16H9F2NO2/c17-14-8-11(9-15(18)19-14)16(20)21-13-7-3-5-10-4-1-2-6-12(10)13/h1-9H. The second-order valence-corrected chi connectivity index (χ2v) is 4.37. The highest BCUT2D eigenvalue weighted by Crippen LogP contribution is 2.26. The fourth-order valence-electron chi connectivity index (χ4n) is 2.03. The molecule has 5 heteroatoms. The van der Waals surface area contributed by atoms with E-state index < -0.39 is 17.9 Å². The fraction of sp³-hybridized carbons (Fsp3) is 0. The van der Waals surface area contributed by atoms with Gasteiger partial charge in [-0.1, -0.05) is 36.4 Å². The lowest BCUT2D eigenvalue weighted by molar-refractivity contribution is 0.0735. The highest BCUT2D eigenvalue weighted by Gasteiger charge is 2.13. The monoisotopic (exact) mass is 285 g/mol. The Balaban J connectivity index is 1.96. The van der Waals surface area contributed by atoms with E-state index in [1.54, 1.807) is 18.2 Å². The van der Waals surface area contributed by atoms with E-state index in [1.807, 2.05) is 24.3 Å². The van der Waals surface area contributed by atoms with Gasteiger partial charge in [0.05, 0.1) is 5.56 Å². The molecule has 0 amide bonds. The van der Waals surface area contributed by atoms with Crippen LogP contribution in [0.5, 0.6) is 5.75 Å². The molecular weight excluding hydrogens is 276 g/mol. The van der Waals surface area contributed by atoms with Gasteiger partial charge in [0.25, 0.3) is 0 Å². The Bertz CT molecular complexity index is 808. The van der Waals surface area contributed by atoms with Crippen LogP contribution in [0.4, 0.5) is 8.78 Å². The number of nitrogens with zero attached hydrogens (tertiary/aromatic N) is 1. The van der Waals surface area contributed by atoms with Crippen LogP contribution in [-0.4, -0.2) is 11.0 Å². The summed E-state index contributed by atoms with van der Waals surface area (Å²) in [4.78, 5) is 14.9. The molecule has 0 unspecified atom stereocenters. The summed E-state index contributed by atoms with van der Waals surface area (Å²) in [5.74, 6) is -2.65. The smallest absolute Gasteiger partial charge is 0.343 e. The zero-order chi connectivity index (χ0) is 14.8. The van der Waals surface area contributed by atoms with Crippen molar-refractivity contribution in [2.75, 3.05) is 0 Å². The van der Waals surface area contributed by atoms with Gasteiger partial charge in [0.2, 0.25) is 11.9 Å². The topological polar surface area (TPSA) is 39.2 Å². The summed E-state index contributed by atoms with van der Waals surface area (Å²) in [5.41, 5.74) is -0.229. The minimum Gasteiger partial charge on any atom is -0.422 e. The van der Waals surface area contributed by atoms with Gasteiger partial charge >= 0.3 is 5.97 Å². The molecule has 3 nitrogen and oxygen atoms in total. The van der Waals surface area contributed by atoms with Crippen LogP contribution in [0.1, 0.15) is 10.4 Å². The van der Waals surface area contributed by atoms with E-state index in [-0.39, 0.29) is 5.56 Å². The van der Waals surface area contributed by atoms with Gasteiger partial charge in [-0.25, -0.2) is 4.79 Å². The van der Waals surface area contributed by atoms with Crippen molar-refractivity contribution in [2.24, 2.45) is 0 Å². The zero-order valence-electron chi connectivity index (χ0n) is 10.7. The lowest BCUT2D eigenvalue weighted by Gasteiger charge is -2.07.